The van der Waals surface area contributed by atoms with Crippen molar-refractivity contribution >= 4 is 21.6 Å². The first-order valence-corrected chi connectivity index (χ1v) is 6.91. The van der Waals surface area contributed by atoms with Gasteiger partial charge in [0.05, 0.1) is 16.4 Å². The van der Waals surface area contributed by atoms with Gasteiger partial charge in [-0.1, -0.05) is 0 Å². The largest absolute Gasteiger partial charge is 0.270 e. The molecule has 0 aromatic carbocycles. The highest BCUT2D eigenvalue weighted by atomic mass is 32.1. The Morgan fingerprint density at radius 2 is 2.06 bits per heavy atom. The minimum atomic E-state index is 0.388. The van der Waals surface area contributed by atoms with E-state index in [9.17, 15) is 0 Å². The topological polar surface area (TPSA) is 30.7 Å². The van der Waals surface area contributed by atoms with Crippen LogP contribution >= 0.6 is 11.3 Å². The molecule has 4 heteroatoms. The molecule has 0 spiro atoms. The van der Waals surface area contributed by atoms with Gasteiger partial charge in [0, 0.05) is 29.6 Å². The molecule has 0 saturated heterocycles. The lowest BCUT2D eigenvalue weighted by atomic mass is 10.1. The lowest BCUT2D eigenvalue weighted by molar-refractivity contribution is 0.532. The second-order valence-electron chi connectivity index (χ2n) is 4.79. The summed E-state index contributed by atoms with van der Waals surface area (Å²) >= 11 is 1.75. The minimum absolute atomic E-state index is 0.388. The Bertz CT molecular complexity index is 694. The quantitative estimate of drug-likeness (QED) is 0.693. The van der Waals surface area contributed by atoms with Crippen molar-refractivity contribution in [2.75, 3.05) is 0 Å². The number of nitrogens with zero attached hydrogens (tertiary/aromatic N) is 3. The first-order chi connectivity index (χ1) is 8.65. The minimum Gasteiger partial charge on any atom is -0.270 e. The molecule has 3 aromatic rings. The van der Waals surface area contributed by atoms with Gasteiger partial charge in [0.1, 0.15) is 0 Å². The molecule has 0 atom stereocenters. The van der Waals surface area contributed by atoms with Gasteiger partial charge in [-0.05, 0) is 37.8 Å². The maximum atomic E-state index is 4.54. The molecule has 0 radical (unpaired) electrons. The fourth-order valence-corrected chi connectivity index (χ4v) is 2.90. The van der Waals surface area contributed by atoms with Crippen molar-refractivity contribution in [3.05, 3.63) is 35.6 Å². The van der Waals surface area contributed by atoms with E-state index in [-0.39, 0.29) is 0 Å². The predicted octanol–water partition coefficient (Wildman–Crippen LogP) is 4.05. The summed E-state index contributed by atoms with van der Waals surface area (Å²) in [4.78, 5) is 4.54. The number of hydrogen-bond acceptors (Lipinski definition) is 3. The van der Waals surface area contributed by atoms with E-state index in [0.29, 0.717) is 6.04 Å². The number of hydrogen-bond donors (Lipinski definition) is 0. The van der Waals surface area contributed by atoms with Gasteiger partial charge in [-0.25, -0.2) is 0 Å². The SMILES string of the molecule is Cc1csc2cc(-c3cnn(C(C)C)c3)cnc12. The van der Waals surface area contributed by atoms with Gasteiger partial charge in [-0.2, -0.15) is 5.10 Å². The Balaban J connectivity index is 2.07. The Hall–Kier alpha value is -1.68. The second-order valence-corrected chi connectivity index (χ2v) is 5.70. The van der Waals surface area contributed by atoms with Crippen LogP contribution in [0.25, 0.3) is 21.3 Å². The van der Waals surface area contributed by atoms with Crippen LogP contribution in [0.3, 0.4) is 0 Å². The van der Waals surface area contributed by atoms with Gasteiger partial charge in [0.15, 0.2) is 0 Å². The number of rotatable bonds is 2. The van der Waals surface area contributed by atoms with Crippen LogP contribution in [0, 0.1) is 6.92 Å². The summed E-state index contributed by atoms with van der Waals surface area (Å²) in [6, 6.07) is 2.58. The first-order valence-electron chi connectivity index (χ1n) is 6.03. The number of aromatic nitrogens is 3. The molecule has 3 heterocycles. The van der Waals surface area contributed by atoms with Gasteiger partial charge in [-0.15, -0.1) is 11.3 Å². The summed E-state index contributed by atoms with van der Waals surface area (Å²) in [6.45, 7) is 6.35. The average molecular weight is 257 g/mol. The summed E-state index contributed by atoms with van der Waals surface area (Å²) < 4.78 is 3.21. The Kier molecular flexibility index (Phi) is 2.67. The van der Waals surface area contributed by atoms with Crippen LogP contribution in [0.4, 0.5) is 0 Å². The molecule has 0 saturated carbocycles. The lowest BCUT2D eigenvalue weighted by Crippen LogP contribution is -1.99. The van der Waals surface area contributed by atoms with Crippen LogP contribution in [0.1, 0.15) is 25.5 Å². The Morgan fingerprint density at radius 1 is 1.22 bits per heavy atom. The van der Waals surface area contributed by atoms with Crippen molar-refractivity contribution < 1.29 is 0 Å². The molecule has 0 unspecified atom stereocenters. The maximum Gasteiger partial charge on any atom is 0.0839 e. The zero-order chi connectivity index (χ0) is 12.7. The van der Waals surface area contributed by atoms with E-state index in [1.54, 1.807) is 11.3 Å². The van der Waals surface area contributed by atoms with Gasteiger partial charge >= 0.3 is 0 Å². The van der Waals surface area contributed by atoms with E-state index >= 15 is 0 Å². The van der Waals surface area contributed by atoms with Crippen LogP contribution in [-0.4, -0.2) is 14.8 Å². The molecule has 18 heavy (non-hydrogen) atoms. The molecule has 0 fully saturated rings. The predicted molar refractivity (Wildman–Crippen MR) is 76.0 cm³/mol. The molecule has 0 N–H and O–H groups in total. The van der Waals surface area contributed by atoms with E-state index in [1.807, 2.05) is 17.1 Å². The third-order valence-electron chi connectivity index (χ3n) is 3.05. The zero-order valence-corrected chi connectivity index (χ0v) is 11.5. The van der Waals surface area contributed by atoms with Crippen LogP contribution < -0.4 is 0 Å². The smallest absolute Gasteiger partial charge is 0.0839 e. The molecule has 92 valence electrons. The second kappa shape index (κ2) is 4.21. The van der Waals surface area contributed by atoms with Crippen molar-refractivity contribution in [3.8, 4) is 11.1 Å². The summed E-state index contributed by atoms with van der Waals surface area (Å²) in [5.41, 5.74) is 4.62. The third-order valence-corrected chi connectivity index (χ3v) is 4.09. The molecule has 3 nitrogen and oxygen atoms in total. The molecular weight excluding hydrogens is 242 g/mol. The highest BCUT2D eigenvalue weighted by Crippen LogP contribution is 2.28. The number of fused-ring (bicyclic) bond motifs is 1. The summed E-state index contributed by atoms with van der Waals surface area (Å²) in [7, 11) is 0. The van der Waals surface area contributed by atoms with Crippen LogP contribution in [0.2, 0.25) is 0 Å². The molecule has 0 aliphatic rings. The Labute approximate surface area is 110 Å². The van der Waals surface area contributed by atoms with E-state index in [4.69, 9.17) is 0 Å². The lowest BCUT2D eigenvalue weighted by Gasteiger charge is -2.03. The fourth-order valence-electron chi connectivity index (χ4n) is 1.97. The Morgan fingerprint density at radius 3 is 2.78 bits per heavy atom. The molecule has 3 aromatic heterocycles. The van der Waals surface area contributed by atoms with E-state index in [1.165, 1.54) is 10.3 Å². The van der Waals surface area contributed by atoms with E-state index < -0.39 is 0 Å². The number of aryl methyl sites for hydroxylation is 1. The molecule has 3 rings (SSSR count). The normalized spacial score (nSPS) is 11.6. The van der Waals surface area contributed by atoms with Crippen molar-refractivity contribution in [3.63, 3.8) is 0 Å². The van der Waals surface area contributed by atoms with Gasteiger partial charge in [-0.3, -0.25) is 9.67 Å². The van der Waals surface area contributed by atoms with Crippen LogP contribution in [-0.2, 0) is 0 Å². The van der Waals surface area contributed by atoms with E-state index in [2.05, 4.69) is 48.5 Å². The summed E-state index contributed by atoms with van der Waals surface area (Å²) in [5, 5.41) is 6.52. The van der Waals surface area contributed by atoms with Crippen molar-refractivity contribution in [1.82, 2.24) is 14.8 Å². The van der Waals surface area contributed by atoms with Crippen LogP contribution in [0.5, 0.6) is 0 Å². The number of thiophene rings is 1. The van der Waals surface area contributed by atoms with Gasteiger partial charge < -0.3 is 0 Å². The maximum absolute atomic E-state index is 4.54. The van der Waals surface area contributed by atoms with Gasteiger partial charge in [0.25, 0.3) is 0 Å². The van der Waals surface area contributed by atoms with Crippen molar-refractivity contribution in [1.29, 1.82) is 0 Å². The average Bonchev–Trinajstić information content (AvgIpc) is 2.96. The molecular formula is C14H15N3S. The zero-order valence-electron chi connectivity index (χ0n) is 10.7. The third kappa shape index (κ3) is 1.82. The van der Waals surface area contributed by atoms with Gasteiger partial charge in [0.2, 0.25) is 0 Å². The van der Waals surface area contributed by atoms with Crippen molar-refractivity contribution in [2.45, 2.75) is 26.8 Å². The first kappa shape index (κ1) is 11.4. The fraction of sp³-hybridized carbons (Fsp3) is 0.286. The monoisotopic (exact) mass is 257 g/mol. The summed E-state index contributed by atoms with van der Waals surface area (Å²) in [5.74, 6) is 0. The molecule has 0 bridgehead atoms. The highest BCUT2D eigenvalue weighted by molar-refractivity contribution is 7.17. The number of pyridine rings is 1. The van der Waals surface area contributed by atoms with Crippen molar-refractivity contribution in [2.24, 2.45) is 0 Å². The standard InChI is InChI=1S/C14H15N3S/c1-9(2)17-7-12(6-16-17)11-4-13-14(15-5-11)10(3)8-18-13/h4-9H,1-3H3. The van der Waals surface area contributed by atoms with E-state index in [0.717, 1.165) is 16.6 Å². The highest BCUT2D eigenvalue weighted by Gasteiger charge is 2.07. The molecule has 0 aliphatic carbocycles. The molecule has 0 amide bonds. The molecule has 0 aliphatic heterocycles. The van der Waals surface area contributed by atoms with Crippen LogP contribution in [0.15, 0.2) is 30.0 Å². The summed E-state index contributed by atoms with van der Waals surface area (Å²) in [6.07, 6.45) is 5.92.